The van der Waals surface area contributed by atoms with E-state index in [1.807, 2.05) is 6.92 Å². The Morgan fingerprint density at radius 3 is 2.91 bits per heavy atom. The first kappa shape index (κ1) is 10.4. The van der Waals surface area contributed by atoms with Gasteiger partial charge in [0, 0.05) is 19.8 Å². The van der Waals surface area contributed by atoms with Crippen LogP contribution in [0.15, 0.2) is 0 Å². The molecule has 0 rings (SSSR count). The second-order valence-electron chi connectivity index (χ2n) is 2.10. The zero-order valence-corrected chi connectivity index (χ0v) is 6.93. The summed E-state index contributed by atoms with van der Waals surface area (Å²) in [7, 11) is 0. The van der Waals surface area contributed by atoms with Gasteiger partial charge < -0.3 is 15.8 Å². The maximum absolute atomic E-state index is 10.6. The molecular weight excluding hydrogens is 144 g/mol. The summed E-state index contributed by atoms with van der Waals surface area (Å²) in [5, 5.41) is 2.65. The van der Waals surface area contributed by atoms with E-state index in [2.05, 4.69) is 5.32 Å². The standard InChI is InChI=1S/C7H16N2O2/c1-2-11-5-3-4-9-7(10)6-8/h2-6,8H2,1H3,(H,9,10). The number of nitrogens with one attached hydrogen (secondary N) is 1. The molecule has 0 bridgehead atoms. The van der Waals surface area contributed by atoms with Gasteiger partial charge in [0.2, 0.25) is 5.91 Å². The van der Waals surface area contributed by atoms with Gasteiger partial charge in [-0.05, 0) is 13.3 Å². The van der Waals surface area contributed by atoms with Crippen LogP contribution < -0.4 is 11.1 Å². The molecule has 0 fully saturated rings. The first-order valence-corrected chi connectivity index (χ1v) is 3.85. The van der Waals surface area contributed by atoms with Crippen LogP contribution in [0.4, 0.5) is 0 Å². The summed E-state index contributed by atoms with van der Waals surface area (Å²) in [5.41, 5.74) is 5.07. The monoisotopic (exact) mass is 160 g/mol. The lowest BCUT2D eigenvalue weighted by atomic mass is 10.4. The van der Waals surface area contributed by atoms with E-state index in [0.29, 0.717) is 13.2 Å². The van der Waals surface area contributed by atoms with E-state index in [4.69, 9.17) is 10.5 Å². The third-order valence-electron chi connectivity index (χ3n) is 1.18. The maximum atomic E-state index is 10.6. The summed E-state index contributed by atoms with van der Waals surface area (Å²) in [6, 6.07) is 0. The Kier molecular flexibility index (Phi) is 7.08. The van der Waals surface area contributed by atoms with Crippen LogP contribution in [0.25, 0.3) is 0 Å². The summed E-state index contributed by atoms with van der Waals surface area (Å²) < 4.78 is 5.07. The third kappa shape index (κ3) is 7.29. The summed E-state index contributed by atoms with van der Waals surface area (Å²) in [6.07, 6.45) is 0.847. The van der Waals surface area contributed by atoms with Crippen LogP contribution in [0.1, 0.15) is 13.3 Å². The Labute approximate surface area is 67.1 Å². The molecule has 1 amide bonds. The van der Waals surface area contributed by atoms with Crippen LogP contribution >= 0.6 is 0 Å². The van der Waals surface area contributed by atoms with E-state index in [1.165, 1.54) is 0 Å². The van der Waals surface area contributed by atoms with Gasteiger partial charge in [0.1, 0.15) is 0 Å². The fourth-order valence-electron chi connectivity index (χ4n) is 0.619. The van der Waals surface area contributed by atoms with E-state index in [0.717, 1.165) is 13.0 Å². The van der Waals surface area contributed by atoms with Crippen LogP contribution in [0.2, 0.25) is 0 Å². The van der Waals surface area contributed by atoms with Crippen LogP contribution in [0, 0.1) is 0 Å². The fraction of sp³-hybridized carbons (Fsp3) is 0.857. The Morgan fingerprint density at radius 2 is 2.36 bits per heavy atom. The lowest BCUT2D eigenvalue weighted by molar-refractivity contribution is -0.119. The van der Waals surface area contributed by atoms with Crippen molar-refractivity contribution in [3.05, 3.63) is 0 Å². The number of ether oxygens (including phenoxy) is 1. The van der Waals surface area contributed by atoms with Crippen molar-refractivity contribution in [1.29, 1.82) is 0 Å². The molecule has 0 aliphatic rings. The SMILES string of the molecule is CCOCCCNC(=O)CN. The topological polar surface area (TPSA) is 64.3 Å². The maximum Gasteiger partial charge on any atom is 0.233 e. The highest BCUT2D eigenvalue weighted by molar-refractivity contribution is 5.77. The molecule has 4 heteroatoms. The van der Waals surface area contributed by atoms with Gasteiger partial charge in [-0.3, -0.25) is 4.79 Å². The first-order valence-electron chi connectivity index (χ1n) is 3.85. The van der Waals surface area contributed by atoms with Gasteiger partial charge in [-0.1, -0.05) is 0 Å². The fourth-order valence-corrected chi connectivity index (χ4v) is 0.619. The largest absolute Gasteiger partial charge is 0.382 e. The predicted octanol–water partition coefficient (Wildman–Crippen LogP) is -0.512. The highest BCUT2D eigenvalue weighted by Crippen LogP contribution is 1.79. The molecule has 0 unspecified atom stereocenters. The van der Waals surface area contributed by atoms with Crippen LogP contribution in [0.5, 0.6) is 0 Å². The highest BCUT2D eigenvalue weighted by Gasteiger charge is 1.93. The summed E-state index contributed by atoms with van der Waals surface area (Å²) >= 11 is 0. The van der Waals surface area contributed by atoms with Crippen LogP contribution in [-0.4, -0.2) is 32.2 Å². The van der Waals surface area contributed by atoms with Crippen molar-refractivity contribution < 1.29 is 9.53 Å². The molecule has 0 aliphatic heterocycles. The van der Waals surface area contributed by atoms with Crippen molar-refractivity contribution in [2.45, 2.75) is 13.3 Å². The number of hydrogen-bond acceptors (Lipinski definition) is 3. The van der Waals surface area contributed by atoms with E-state index >= 15 is 0 Å². The molecule has 4 nitrogen and oxygen atoms in total. The van der Waals surface area contributed by atoms with E-state index < -0.39 is 0 Å². The van der Waals surface area contributed by atoms with Crippen molar-refractivity contribution in [3.8, 4) is 0 Å². The molecule has 0 saturated heterocycles. The lowest BCUT2D eigenvalue weighted by Gasteiger charge is -2.02. The Hall–Kier alpha value is -0.610. The molecule has 0 aromatic rings. The van der Waals surface area contributed by atoms with Gasteiger partial charge in [-0.15, -0.1) is 0 Å². The molecule has 0 aromatic carbocycles. The smallest absolute Gasteiger partial charge is 0.233 e. The molecule has 0 spiro atoms. The molecule has 0 saturated carbocycles. The van der Waals surface area contributed by atoms with E-state index in [9.17, 15) is 4.79 Å². The average Bonchev–Trinajstić information content (AvgIpc) is 2.04. The summed E-state index contributed by atoms with van der Waals surface area (Å²) in [4.78, 5) is 10.6. The van der Waals surface area contributed by atoms with Gasteiger partial charge in [0.05, 0.1) is 6.54 Å². The molecule has 0 aliphatic carbocycles. The normalized spacial score (nSPS) is 9.64. The number of amides is 1. The zero-order chi connectivity index (χ0) is 8.53. The second-order valence-corrected chi connectivity index (χ2v) is 2.10. The van der Waals surface area contributed by atoms with Gasteiger partial charge in [-0.2, -0.15) is 0 Å². The summed E-state index contributed by atoms with van der Waals surface area (Å²) in [5.74, 6) is -0.110. The van der Waals surface area contributed by atoms with Gasteiger partial charge >= 0.3 is 0 Å². The molecule has 0 radical (unpaired) electrons. The minimum absolute atomic E-state index is 0.0641. The minimum Gasteiger partial charge on any atom is -0.382 e. The van der Waals surface area contributed by atoms with Crippen molar-refractivity contribution in [1.82, 2.24) is 5.32 Å². The van der Waals surface area contributed by atoms with Crippen molar-refractivity contribution in [2.75, 3.05) is 26.3 Å². The van der Waals surface area contributed by atoms with E-state index in [1.54, 1.807) is 0 Å². The lowest BCUT2D eigenvalue weighted by Crippen LogP contribution is -2.31. The van der Waals surface area contributed by atoms with Crippen LogP contribution in [-0.2, 0) is 9.53 Å². The van der Waals surface area contributed by atoms with Crippen molar-refractivity contribution in [2.24, 2.45) is 5.73 Å². The molecule has 3 N–H and O–H groups in total. The molecule has 11 heavy (non-hydrogen) atoms. The first-order chi connectivity index (χ1) is 5.31. The van der Waals surface area contributed by atoms with Gasteiger partial charge in [-0.25, -0.2) is 0 Å². The third-order valence-corrected chi connectivity index (χ3v) is 1.18. The highest BCUT2D eigenvalue weighted by atomic mass is 16.5. The number of hydrogen-bond donors (Lipinski definition) is 2. The Bertz CT molecular complexity index is 107. The Balaban J connectivity index is 2.95. The number of nitrogens with two attached hydrogens (primary N) is 1. The van der Waals surface area contributed by atoms with Gasteiger partial charge in [0.25, 0.3) is 0 Å². The number of carbonyl (C=O) groups excluding carboxylic acids is 1. The average molecular weight is 160 g/mol. The quantitative estimate of drug-likeness (QED) is 0.514. The Morgan fingerprint density at radius 1 is 1.64 bits per heavy atom. The molecule has 0 atom stereocenters. The van der Waals surface area contributed by atoms with Crippen molar-refractivity contribution >= 4 is 5.91 Å². The van der Waals surface area contributed by atoms with Gasteiger partial charge in [0.15, 0.2) is 0 Å². The number of carbonyl (C=O) groups is 1. The molecule has 0 aromatic heterocycles. The van der Waals surface area contributed by atoms with Crippen molar-refractivity contribution in [3.63, 3.8) is 0 Å². The number of rotatable bonds is 6. The molecule has 66 valence electrons. The zero-order valence-electron chi connectivity index (χ0n) is 6.93. The second kappa shape index (κ2) is 7.50. The van der Waals surface area contributed by atoms with E-state index in [-0.39, 0.29) is 12.5 Å². The summed E-state index contributed by atoms with van der Waals surface area (Å²) in [6.45, 7) is 4.08. The molecular formula is C7H16N2O2. The predicted molar refractivity (Wildman–Crippen MR) is 43.2 cm³/mol. The van der Waals surface area contributed by atoms with Crippen LogP contribution in [0.3, 0.4) is 0 Å². The molecule has 0 heterocycles. The minimum atomic E-state index is -0.110.